The summed E-state index contributed by atoms with van der Waals surface area (Å²) in [7, 11) is 0. The molecule has 138 valence electrons. The third kappa shape index (κ3) is 3.59. The van der Waals surface area contributed by atoms with E-state index in [1.807, 2.05) is 10.9 Å². The summed E-state index contributed by atoms with van der Waals surface area (Å²) in [5, 5.41) is 4.58. The van der Waals surface area contributed by atoms with Crippen molar-refractivity contribution in [3.05, 3.63) is 89.0 Å². The third-order valence-electron chi connectivity index (χ3n) is 5.88. The van der Waals surface area contributed by atoms with Crippen molar-refractivity contribution in [3.63, 3.8) is 0 Å². The van der Waals surface area contributed by atoms with Gasteiger partial charge in [-0.2, -0.15) is 5.10 Å². The molecule has 3 aromatic rings. The summed E-state index contributed by atoms with van der Waals surface area (Å²) in [4.78, 5) is 0. The molecule has 27 heavy (non-hydrogen) atoms. The van der Waals surface area contributed by atoms with Crippen molar-refractivity contribution in [1.29, 1.82) is 0 Å². The number of hydrogen-bond acceptors (Lipinski definition) is 1. The zero-order chi connectivity index (χ0) is 18.9. The number of aromatic nitrogens is 2. The Balaban J connectivity index is 1.52. The number of allylic oxidation sites excluding steroid dienone is 1. The van der Waals surface area contributed by atoms with Gasteiger partial charge < -0.3 is 0 Å². The molecule has 0 N–H and O–H groups in total. The maximum absolute atomic E-state index is 13.2. The second kappa shape index (κ2) is 7.15. The van der Waals surface area contributed by atoms with Gasteiger partial charge in [0.25, 0.3) is 0 Å². The van der Waals surface area contributed by atoms with E-state index in [1.54, 1.807) is 12.1 Å². The average Bonchev–Trinajstić information content (AvgIpc) is 3.06. The standard InChI is InChI=1S/C24H25FN2/c1-18-15-23-20(17-26-27(23)22-12-10-21(25)11-13-22)16-24(18,2)14-6-9-19-7-4-3-5-8-19/h3-5,7-8,10-13,15,17H,6,9,14,16H2,1-2H3. The van der Waals surface area contributed by atoms with Gasteiger partial charge in [-0.05, 0) is 79.5 Å². The first-order valence-electron chi connectivity index (χ1n) is 9.61. The highest BCUT2D eigenvalue weighted by Gasteiger charge is 2.32. The first-order chi connectivity index (χ1) is 13.0. The van der Waals surface area contributed by atoms with Crippen LogP contribution in [0.25, 0.3) is 11.8 Å². The van der Waals surface area contributed by atoms with Crippen LogP contribution in [-0.4, -0.2) is 9.78 Å². The molecule has 1 aliphatic carbocycles. The molecule has 0 saturated heterocycles. The number of aryl methyl sites for hydroxylation is 1. The summed E-state index contributed by atoms with van der Waals surface area (Å²) in [5.41, 5.74) is 6.26. The van der Waals surface area contributed by atoms with Crippen molar-refractivity contribution >= 4 is 6.08 Å². The van der Waals surface area contributed by atoms with Gasteiger partial charge >= 0.3 is 0 Å². The second-order valence-corrected chi connectivity index (χ2v) is 7.85. The minimum atomic E-state index is -0.225. The highest BCUT2D eigenvalue weighted by atomic mass is 19.1. The maximum atomic E-state index is 13.2. The number of rotatable bonds is 5. The average molecular weight is 360 g/mol. The predicted molar refractivity (Wildman–Crippen MR) is 108 cm³/mol. The zero-order valence-corrected chi connectivity index (χ0v) is 16.0. The van der Waals surface area contributed by atoms with Gasteiger partial charge in [-0.3, -0.25) is 0 Å². The van der Waals surface area contributed by atoms with Crippen LogP contribution >= 0.6 is 0 Å². The van der Waals surface area contributed by atoms with Gasteiger partial charge in [-0.1, -0.05) is 42.8 Å². The monoisotopic (exact) mass is 360 g/mol. The Labute approximate surface area is 160 Å². The highest BCUT2D eigenvalue weighted by Crippen LogP contribution is 2.42. The van der Waals surface area contributed by atoms with E-state index in [1.165, 1.54) is 35.3 Å². The molecule has 1 aromatic heterocycles. The van der Waals surface area contributed by atoms with Crippen LogP contribution in [0.5, 0.6) is 0 Å². The van der Waals surface area contributed by atoms with Gasteiger partial charge in [0.15, 0.2) is 0 Å². The molecule has 1 heterocycles. The highest BCUT2D eigenvalue weighted by molar-refractivity contribution is 5.60. The van der Waals surface area contributed by atoms with Gasteiger partial charge in [0.2, 0.25) is 0 Å². The third-order valence-corrected chi connectivity index (χ3v) is 5.88. The maximum Gasteiger partial charge on any atom is 0.123 e. The van der Waals surface area contributed by atoms with E-state index in [0.717, 1.165) is 30.6 Å². The summed E-state index contributed by atoms with van der Waals surface area (Å²) in [6.07, 6.45) is 8.68. The topological polar surface area (TPSA) is 17.8 Å². The molecular weight excluding hydrogens is 335 g/mol. The first-order valence-corrected chi connectivity index (χ1v) is 9.61. The Morgan fingerprint density at radius 3 is 2.56 bits per heavy atom. The molecule has 0 saturated carbocycles. The van der Waals surface area contributed by atoms with Crippen molar-refractivity contribution < 1.29 is 4.39 Å². The quantitative estimate of drug-likeness (QED) is 0.545. The molecule has 1 aliphatic rings. The Hall–Kier alpha value is -2.68. The fraction of sp³-hybridized carbons (Fsp3) is 0.292. The molecule has 0 spiro atoms. The fourth-order valence-electron chi connectivity index (χ4n) is 4.02. The van der Waals surface area contributed by atoms with E-state index < -0.39 is 0 Å². The van der Waals surface area contributed by atoms with Crippen molar-refractivity contribution in [1.82, 2.24) is 9.78 Å². The number of benzene rings is 2. The minimum Gasteiger partial charge on any atom is -0.233 e. The molecule has 1 atom stereocenters. The van der Waals surface area contributed by atoms with E-state index in [9.17, 15) is 4.39 Å². The van der Waals surface area contributed by atoms with Crippen molar-refractivity contribution in [2.24, 2.45) is 5.41 Å². The molecular formula is C24H25FN2. The van der Waals surface area contributed by atoms with Crippen LogP contribution in [0.1, 0.15) is 43.5 Å². The van der Waals surface area contributed by atoms with Crippen LogP contribution in [0, 0.1) is 11.2 Å². The first kappa shape index (κ1) is 17.7. The molecule has 0 fully saturated rings. The summed E-state index contributed by atoms with van der Waals surface area (Å²) < 4.78 is 15.1. The normalized spacial score (nSPS) is 18.9. The lowest BCUT2D eigenvalue weighted by atomic mass is 9.71. The minimum absolute atomic E-state index is 0.165. The van der Waals surface area contributed by atoms with Gasteiger partial charge in [0.05, 0.1) is 17.6 Å². The second-order valence-electron chi connectivity index (χ2n) is 7.85. The molecule has 0 amide bonds. The van der Waals surface area contributed by atoms with E-state index >= 15 is 0 Å². The molecule has 2 aromatic carbocycles. The summed E-state index contributed by atoms with van der Waals surface area (Å²) >= 11 is 0. The lowest BCUT2D eigenvalue weighted by Gasteiger charge is -2.34. The molecule has 0 bridgehead atoms. The van der Waals surface area contributed by atoms with E-state index in [4.69, 9.17) is 0 Å². The van der Waals surface area contributed by atoms with Crippen LogP contribution in [0.3, 0.4) is 0 Å². The molecule has 3 heteroatoms. The van der Waals surface area contributed by atoms with Crippen LogP contribution in [-0.2, 0) is 12.8 Å². The Morgan fingerprint density at radius 2 is 1.81 bits per heavy atom. The molecule has 0 aliphatic heterocycles. The lowest BCUT2D eigenvalue weighted by molar-refractivity contribution is 0.349. The van der Waals surface area contributed by atoms with Crippen molar-refractivity contribution in [2.75, 3.05) is 0 Å². The van der Waals surface area contributed by atoms with E-state index in [-0.39, 0.29) is 11.2 Å². The smallest absolute Gasteiger partial charge is 0.123 e. The number of hydrogen-bond donors (Lipinski definition) is 0. The molecule has 2 nitrogen and oxygen atoms in total. The number of halogens is 1. The number of fused-ring (bicyclic) bond motifs is 1. The Morgan fingerprint density at radius 1 is 1.07 bits per heavy atom. The molecule has 0 radical (unpaired) electrons. The predicted octanol–water partition coefficient (Wildman–Crippen LogP) is 6.00. The summed E-state index contributed by atoms with van der Waals surface area (Å²) in [5.74, 6) is -0.225. The van der Waals surface area contributed by atoms with Crippen molar-refractivity contribution in [2.45, 2.75) is 39.5 Å². The van der Waals surface area contributed by atoms with Gasteiger partial charge in [-0.15, -0.1) is 0 Å². The zero-order valence-electron chi connectivity index (χ0n) is 16.0. The van der Waals surface area contributed by atoms with Gasteiger partial charge in [0.1, 0.15) is 5.82 Å². The summed E-state index contributed by atoms with van der Waals surface area (Å²) in [6.45, 7) is 4.59. The van der Waals surface area contributed by atoms with Crippen LogP contribution in [0.2, 0.25) is 0 Å². The molecule has 4 rings (SSSR count). The van der Waals surface area contributed by atoms with Crippen LogP contribution < -0.4 is 0 Å². The lowest BCUT2D eigenvalue weighted by Crippen LogP contribution is -2.25. The van der Waals surface area contributed by atoms with Crippen LogP contribution in [0.4, 0.5) is 4.39 Å². The fourth-order valence-corrected chi connectivity index (χ4v) is 4.02. The number of nitrogens with zero attached hydrogens (tertiary/aromatic N) is 2. The SMILES string of the molecule is CC1=Cc2c(cnn2-c2ccc(F)cc2)CC1(C)CCCc1ccccc1. The van der Waals surface area contributed by atoms with E-state index in [0.29, 0.717) is 0 Å². The van der Waals surface area contributed by atoms with Crippen LogP contribution in [0.15, 0.2) is 66.4 Å². The van der Waals surface area contributed by atoms with E-state index in [2.05, 4.69) is 55.4 Å². The van der Waals surface area contributed by atoms with Gasteiger partial charge in [0, 0.05) is 0 Å². The largest absolute Gasteiger partial charge is 0.233 e. The van der Waals surface area contributed by atoms with Gasteiger partial charge in [-0.25, -0.2) is 9.07 Å². The van der Waals surface area contributed by atoms with Crippen molar-refractivity contribution in [3.8, 4) is 5.69 Å². The molecule has 1 unspecified atom stereocenters. The Bertz CT molecular complexity index is 954. The Kier molecular flexibility index (Phi) is 4.69. The summed E-state index contributed by atoms with van der Waals surface area (Å²) in [6, 6.07) is 17.2.